The Morgan fingerprint density at radius 1 is 0.407 bits per heavy atom. The van der Waals surface area contributed by atoms with Crippen LogP contribution in [-0.4, -0.2) is 26.6 Å². The summed E-state index contributed by atoms with van der Waals surface area (Å²) >= 11 is 1.84. The average molecular weight is 709 g/mol. The molecule has 0 bridgehead atoms. The van der Waals surface area contributed by atoms with E-state index in [4.69, 9.17) is 29.9 Å². The van der Waals surface area contributed by atoms with E-state index in [2.05, 4.69) is 103 Å². The van der Waals surface area contributed by atoms with Crippen LogP contribution in [0.1, 0.15) is 0 Å². The summed E-state index contributed by atoms with van der Waals surface area (Å²) in [5, 5.41) is 7.29. The molecule has 0 N–H and O–H groups in total. The van der Waals surface area contributed by atoms with E-state index in [9.17, 15) is 0 Å². The van der Waals surface area contributed by atoms with Gasteiger partial charge < -0.3 is 0 Å². The molecule has 0 amide bonds. The molecule has 0 atom stereocenters. The highest BCUT2D eigenvalue weighted by molar-refractivity contribution is 7.26. The van der Waals surface area contributed by atoms with Gasteiger partial charge in [-0.05, 0) is 29.3 Å². The number of thiophene rings is 1. The van der Waals surface area contributed by atoms with Crippen molar-refractivity contribution in [3.8, 4) is 56.5 Å². The number of nitrogens with zero attached hydrogens (tertiary/aromatic N) is 6. The van der Waals surface area contributed by atoms with Crippen LogP contribution in [0.15, 0.2) is 168 Å². The first kappa shape index (κ1) is 30.6. The molecule has 4 heterocycles. The SMILES string of the molecule is c1ccc(-c2nc(-c3ccc(-c4cccc5c4sc4ccccc45)cc3)nc(-c3cc4c(-c5ccccc5)nc5ccccc5c4c4c3=NCN=4)n2)cc1. The highest BCUT2D eigenvalue weighted by atomic mass is 32.1. The molecule has 3 aromatic heterocycles. The van der Waals surface area contributed by atoms with Gasteiger partial charge in [0.2, 0.25) is 0 Å². The highest BCUT2D eigenvalue weighted by Gasteiger charge is 2.21. The van der Waals surface area contributed by atoms with Crippen LogP contribution < -0.4 is 10.7 Å². The maximum atomic E-state index is 5.20. The Balaban J connectivity index is 1.12. The molecule has 54 heavy (non-hydrogen) atoms. The van der Waals surface area contributed by atoms with Crippen LogP contribution in [0, 0.1) is 0 Å². The summed E-state index contributed by atoms with van der Waals surface area (Å²) in [5.74, 6) is 1.73. The molecular weight excluding hydrogens is 681 g/mol. The predicted molar refractivity (Wildman–Crippen MR) is 220 cm³/mol. The lowest BCUT2D eigenvalue weighted by molar-refractivity contribution is 1.05. The maximum Gasteiger partial charge on any atom is 0.166 e. The first-order chi connectivity index (χ1) is 26.8. The Labute approximate surface area is 313 Å². The number of hydrogen-bond donors (Lipinski definition) is 0. The van der Waals surface area contributed by atoms with Crippen molar-refractivity contribution in [1.29, 1.82) is 0 Å². The minimum Gasteiger partial charge on any atom is -0.259 e. The largest absolute Gasteiger partial charge is 0.259 e. The van der Waals surface area contributed by atoms with Crippen LogP contribution in [0.5, 0.6) is 0 Å². The van der Waals surface area contributed by atoms with Crippen molar-refractivity contribution in [3.05, 3.63) is 168 Å². The van der Waals surface area contributed by atoms with E-state index in [1.165, 1.54) is 25.7 Å². The normalized spacial score (nSPS) is 12.3. The van der Waals surface area contributed by atoms with Crippen LogP contribution in [0.25, 0.3) is 98.4 Å². The summed E-state index contributed by atoms with van der Waals surface area (Å²) < 4.78 is 2.58. The minimum atomic E-state index is 0.344. The lowest BCUT2D eigenvalue weighted by atomic mass is 9.96. The number of para-hydroxylation sites is 1. The zero-order valence-corrected chi connectivity index (χ0v) is 29.6. The summed E-state index contributed by atoms with van der Waals surface area (Å²) in [4.78, 5) is 30.5. The van der Waals surface area contributed by atoms with E-state index in [0.29, 0.717) is 24.1 Å². The van der Waals surface area contributed by atoms with Gasteiger partial charge >= 0.3 is 0 Å². The molecule has 1 aliphatic heterocycles. The lowest BCUT2D eigenvalue weighted by Crippen LogP contribution is -2.26. The Morgan fingerprint density at radius 2 is 1.02 bits per heavy atom. The van der Waals surface area contributed by atoms with E-state index in [1.54, 1.807) is 0 Å². The number of aromatic nitrogens is 4. The van der Waals surface area contributed by atoms with Gasteiger partial charge in [0.25, 0.3) is 0 Å². The lowest BCUT2D eigenvalue weighted by Gasteiger charge is -2.13. The van der Waals surface area contributed by atoms with Gasteiger partial charge in [0, 0.05) is 58.6 Å². The van der Waals surface area contributed by atoms with Crippen molar-refractivity contribution in [2.45, 2.75) is 0 Å². The second-order valence-corrected chi connectivity index (χ2v) is 14.4. The standard InChI is InChI=1S/C47H28N6S/c1-3-12-29(13-4-1)41-36-26-37(42-43(49-27-48-42)40(36)35-17-7-9-20-38(35)50-41)47-52-45(30-14-5-2-6-15-30)51-46(53-47)31-24-22-28(23-25-31)32-18-11-19-34-33-16-8-10-21-39(33)54-44(32)34/h1-26H,27H2. The molecular formula is C47H28N6S. The second kappa shape index (κ2) is 12.3. The van der Waals surface area contributed by atoms with Gasteiger partial charge in [0.15, 0.2) is 17.5 Å². The quantitative estimate of drug-likeness (QED) is 0.167. The van der Waals surface area contributed by atoms with Crippen LogP contribution >= 0.6 is 11.3 Å². The van der Waals surface area contributed by atoms with Crippen molar-refractivity contribution < 1.29 is 0 Å². The van der Waals surface area contributed by atoms with E-state index in [0.717, 1.165) is 65.9 Å². The summed E-state index contributed by atoms with van der Waals surface area (Å²) in [7, 11) is 0. The van der Waals surface area contributed by atoms with Crippen molar-refractivity contribution in [2.24, 2.45) is 9.98 Å². The molecule has 0 radical (unpaired) electrons. The minimum absolute atomic E-state index is 0.344. The molecule has 1 aliphatic rings. The molecule has 0 fully saturated rings. The smallest absolute Gasteiger partial charge is 0.166 e. The van der Waals surface area contributed by atoms with Gasteiger partial charge in [0.1, 0.15) is 6.67 Å². The molecule has 7 heteroatoms. The average Bonchev–Trinajstić information content (AvgIpc) is 3.89. The maximum absolute atomic E-state index is 5.20. The fraction of sp³-hybridized carbons (Fsp3) is 0.0213. The molecule has 6 nitrogen and oxygen atoms in total. The molecule has 0 saturated heterocycles. The number of hydrogen-bond acceptors (Lipinski definition) is 7. The van der Waals surface area contributed by atoms with Crippen LogP contribution in [0.3, 0.4) is 0 Å². The van der Waals surface area contributed by atoms with Gasteiger partial charge in [0.05, 0.1) is 21.9 Å². The molecule has 252 valence electrons. The van der Waals surface area contributed by atoms with Crippen molar-refractivity contribution in [1.82, 2.24) is 19.9 Å². The molecule has 10 aromatic rings. The van der Waals surface area contributed by atoms with Gasteiger partial charge in [-0.3, -0.25) is 9.98 Å². The zero-order chi connectivity index (χ0) is 35.6. The zero-order valence-electron chi connectivity index (χ0n) is 28.8. The van der Waals surface area contributed by atoms with Crippen LogP contribution in [-0.2, 0) is 0 Å². The predicted octanol–water partition coefficient (Wildman–Crippen LogP) is 10.5. The van der Waals surface area contributed by atoms with Gasteiger partial charge in [-0.1, -0.05) is 140 Å². The molecule has 0 spiro atoms. The highest BCUT2D eigenvalue weighted by Crippen LogP contribution is 2.40. The van der Waals surface area contributed by atoms with Gasteiger partial charge in [-0.2, -0.15) is 0 Å². The fourth-order valence-electron chi connectivity index (χ4n) is 7.67. The monoisotopic (exact) mass is 708 g/mol. The van der Waals surface area contributed by atoms with Crippen molar-refractivity contribution in [3.63, 3.8) is 0 Å². The van der Waals surface area contributed by atoms with E-state index in [1.807, 2.05) is 65.9 Å². The number of benzene rings is 7. The van der Waals surface area contributed by atoms with Crippen LogP contribution in [0.2, 0.25) is 0 Å². The van der Waals surface area contributed by atoms with Gasteiger partial charge in [-0.25, -0.2) is 19.9 Å². The third-order valence-corrected chi connectivity index (χ3v) is 11.4. The Kier molecular flexibility index (Phi) is 7.00. The van der Waals surface area contributed by atoms with Crippen molar-refractivity contribution in [2.75, 3.05) is 6.67 Å². The first-order valence-electron chi connectivity index (χ1n) is 17.9. The van der Waals surface area contributed by atoms with E-state index < -0.39 is 0 Å². The molecule has 0 unspecified atom stereocenters. The third kappa shape index (κ3) is 4.94. The van der Waals surface area contributed by atoms with Crippen molar-refractivity contribution >= 4 is 53.2 Å². The van der Waals surface area contributed by atoms with E-state index in [-0.39, 0.29) is 0 Å². The fourth-order valence-corrected chi connectivity index (χ4v) is 8.91. The number of fused-ring (bicyclic) bond motifs is 8. The topological polar surface area (TPSA) is 76.3 Å². The molecule has 0 saturated carbocycles. The Bertz CT molecular complexity index is 3230. The third-order valence-electron chi connectivity index (χ3n) is 10.2. The number of rotatable bonds is 5. The Morgan fingerprint density at radius 3 is 1.81 bits per heavy atom. The summed E-state index contributed by atoms with van der Waals surface area (Å²) in [6.45, 7) is 0.344. The molecule has 11 rings (SSSR count). The van der Waals surface area contributed by atoms with Crippen LogP contribution in [0.4, 0.5) is 0 Å². The number of pyridine rings is 1. The summed E-state index contributed by atoms with van der Waals surface area (Å²) in [6, 6.07) is 54.6. The molecule has 0 aliphatic carbocycles. The second-order valence-electron chi connectivity index (χ2n) is 13.4. The summed E-state index contributed by atoms with van der Waals surface area (Å²) in [5.41, 5.74) is 7.82. The summed E-state index contributed by atoms with van der Waals surface area (Å²) in [6.07, 6.45) is 0. The molecule has 7 aromatic carbocycles. The van der Waals surface area contributed by atoms with Gasteiger partial charge in [-0.15, -0.1) is 11.3 Å². The first-order valence-corrected chi connectivity index (χ1v) is 18.7. The van der Waals surface area contributed by atoms with E-state index >= 15 is 0 Å². The Hall–Kier alpha value is -6.96.